The second-order valence-electron chi connectivity index (χ2n) is 10.0. The number of benzene rings is 3. The molecular weight excluding hydrogens is 458 g/mol. The molecule has 1 amide bonds. The molecule has 1 saturated heterocycles. The Bertz CT molecular complexity index is 1240. The molecule has 184 valence electrons. The zero-order valence-electron chi connectivity index (χ0n) is 20.6. The van der Waals surface area contributed by atoms with Crippen LogP contribution in [-0.2, 0) is 22.0 Å². The van der Waals surface area contributed by atoms with Gasteiger partial charge in [0.15, 0.2) is 0 Å². The lowest BCUT2D eigenvalue weighted by Crippen LogP contribution is -2.48. The van der Waals surface area contributed by atoms with Gasteiger partial charge < -0.3 is 4.90 Å². The fraction of sp³-hybridized carbons (Fsp3) is 0.321. The maximum absolute atomic E-state index is 13.0. The summed E-state index contributed by atoms with van der Waals surface area (Å²) in [6.45, 7) is 10.1. The van der Waals surface area contributed by atoms with Crippen molar-refractivity contribution in [3.05, 3.63) is 95.6 Å². The van der Waals surface area contributed by atoms with E-state index in [2.05, 4.69) is 42.5 Å². The van der Waals surface area contributed by atoms with E-state index < -0.39 is 10.0 Å². The first kappa shape index (κ1) is 24.9. The SMILES string of the molecule is CC(C)(C)c1ccc(S(=O)(=O)Nc2ccc(C(=O)N3CCN(Cc4ccccc4)CC3)cc2)cc1. The van der Waals surface area contributed by atoms with E-state index >= 15 is 0 Å². The fourth-order valence-corrected chi connectivity index (χ4v) is 5.22. The van der Waals surface area contributed by atoms with Crippen LogP contribution < -0.4 is 4.72 Å². The van der Waals surface area contributed by atoms with Gasteiger partial charge in [-0.1, -0.05) is 63.2 Å². The molecule has 0 aromatic heterocycles. The first-order chi connectivity index (χ1) is 16.6. The van der Waals surface area contributed by atoms with Crippen molar-refractivity contribution in [1.82, 2.24) is 9.80 Å². The molecule has 4 rings (SSSR count). The van der Waals surface area contributed by atoms with Crippen LogP contribution in [0.1, 0.15) is 42.3 Å². The van der Waals surface area contributed by atoms with Crippen molar-refractivity contribution in [2.45, 2.75) is 37.6 Å². The van der Waals surface area contributed by atoms with Crippen LogP contribution in [0.25, 0.3) is 0 Å². The third-order valence-corrected chi connectivity index (χ3v) is 7.72. The summed E-state index contributed by atoms with van der Waals surface area (Å²) in [4.78, 5) is 17.4. The minimum atomic E-state index is -3.71. The average Bonchev–Trinajstić information content (AvgIpc) is 2.84. The zero-order chi connectivity index (χ0) is 25.1. The van der Waals surface area contributed by atoms with Gasteiger partial charge in [0.2, 0.25) is 0 Å². The van der Waals surface area contributed by atoms with Crippen LogP contribution in [0.3, 0.4) is 0 Å². The molecule has 1 heterocycles. The number of piperazine rings is 1. The van der Waals surface area contributed by atoms with Crippen LogP contribution in [0.5, 0.6) is 0 Å². The highest BCUT2D eigenvalue weighted by molar-refractivity contribution is 7.92. The maximum atomic E-state index is 13.0. The van der Waals surface area contributed by atoms with Gasteiger partial charge in [-0.25, -0.2) is 8.42 Å². The second-order valence-corrected chi connectivity index (χ2v) is 11.7. The van der Waals surface area contributed by atoms with Crippen LogP contribution in [-0.4, -0.2) is 50.3 Å². The second kappa shape index (κ2) is 10.2. The van der Waals surface area contributed by atoms with Crippen LogP contribution in [0.2, 0.25) is 0 Å². The molecule has 0 bridgehead atoms. The molecule has 0 aliphatic carbocycles. The van der Waals surface area contributed by atoms with E-state index in [1.807, 2.05) is 35.2 Å². The topological polar surface area (TPSA) is 69.7 Å². The first-order valence-electron chi connectivity index (χ1n) is 11.9. The van der Waals surface area contributed by atoms with Crippen molar-refractivity contribution in [2.24, 2.45) is 0 Å². The Morgan fingerprint density at radius 2 is 1.43 bits per heavy atom. The number of carbonyl (C=O) groups excluding carboxylic acids is 1. The van der Waals surface area contributed by atoms with Gasteiger partial charge in [0, 0.05) is 44.0 Å². The molecule has 35 heavy (non-hydrogen) atoms. The van der Waals surface area contributed by atoms with Gasteiger partial charge in [0.05, 0.1) is 4.90 Å². The van der Waals surface area contributed by atoms with Crippen molar-refractivity contribution >= 4 is 21.6 Å². The van der Waals surface area contributed by atoms with Crippen LogP contribution in [0, 0.1) is 0 Å². The van der Waals surface area contributed by atoms with Crippen molar-refractivity contribution in [3.63, 3.8) is 0 Å². The van der Waals surface area contributed by atoms with E-state index in [4.69, 9.17) is 0 Å². The molecule has 6 nitrogen and oxygen atoms in total. The molecule has 7 heteroatoms. The summed E-state index contributed by atoms with van der Waals surface area (Å²) in [6, 6.07) is 23.9. The predicted molar refractivity (Wildman–Crippen MR) is 140 cm³/mol. The number of nitrogens with one attached hydrogen (secondary N) is 1. The number of carbonyl (C=O) groups is 1. The van der Waals surface area contributed by atoms with Crippen molar-refractivity contribution in [2.75, 3.05) is 30.9 Å². The van der Waals surface area contributed by atoms with Gasteiger partial charge in [-0.15, -0.1) is 0 Å². The monoisotopic (exact) mass is 491 g/mol. The van der Waals surface area contributed by atoms with Gasteiger partial charge in [0.25, 0.3) is 15.9 Å². The summed E-state index contributed by atoms with van der Waals surface area (Å²) in [5.74, 6) is -0.0310. The van der Waals surface area contributed by atoms with Gasteiger partial charge in [-0.05, 0) is 52.9 Å². The minimum absolute atomic E-state index is 0.0310. The first-order valence-corrected chi connectivity index (χ1v) is 13.4. The van der Waals surface area contributed by atoms with E-state index in [0.717, 1.165) is 25.2 Å². The number of anilines is 1. The van der Waals surface area contributed by atoms with Crippen LogP contribution >= 0.6 is 0 Å². The van der Waals surface area contributed by atoms with Gasteiger partial charge in [-0.3, -0.25) is 14.4 Å². The highest BCUT2D eigenvalue weighted by Crippen LogP contribution is 2.24. The lowest BCUT2D eigenvalue weighted by Gasteiger charge is -2.34. The normalized spacial score (nSPS) is 15.1. The number of sulfonamides is 1. The molecule has 0 spiro atoms. The molecular formula is C28H33N3O3S. The molecule has 0 unspecified atom stereocenters. The van der Waals surface area contributed by atoms with Crippen molar-refractivity contribution in [1.29, 1.82) is 0 Å². The molecule has 0 saturated carbocycles. The molecule has 3 aromatic rings. The van der Waals surface area contributed by atoms with Crippen molar-refractivity contribution < 1.29 is 13.2 Å². The van der Waals surface area contributed by atoms with E-state index in [9.17, 15) is 13.2 Å². The highest BCUT2D eigenvalue weighted by Gasteiger charge is 2.23. The molecule has 3 aromatic carbocycles. The number of hydrogen-bond acceptors (Lipinski definition) is 4. The Labute approximate surface area is 208 Å². The lowest BCUT2D eigenvalue weighted by molar-refractivity contribution is 0.0628. The van der Waals surface area contributed by atoms with Crippen molar-refractivity contribution in [3.8, 4) is 0 Å². The average molecular weight is 492 g/mol. The Morgan fingerprint density at radius 1 is 0.829 bits per heavy atom. The molecule has 1 fully saturated rings. The Balaban J connectivity index is 1.34. The summed E-state index contributed by atoms with van der Waals surface area (Å²) in [5, 5.41) is 0. The molecule has 1 aliphatic heterocycles. The maximum Gasteiger partial charge on any atom is 0.261 e. The fourth-order valence-electron chi connectivity index (χ4n) is 4.16. The minimum Gasteiger partial charge on any atom is -0.336 e. The molecule has 1 aliphatic rings. The van der Waals surface area contributed by atoms with Gasteiger partial charge in [-0.2, -0.15) is 0 Å². The number of hydrogen-bond donors (Lipinski definition) is 1. The van der Waals surface area contributed by atoms with E-state index in [1.54, 1.807) is 36.4 Å². The van der Waals surface area contributed by atoms with Crippen LogP contribution in [0.4, 0.5) is 5.69 Å². The number of amides is 1. The van der Waals surface area contributed by atoms with Gasteiger partial charge in [0.1, 0.15) is 0 Å². The highest BCUT2D eigenvalue weighted by atomic mass is 32.2. The Morgan fingerprint density at radius 3 is 2.00 bits per heavy atom. The number of rotatable bonds is 6. The molecule has 0 atom stereocenters. The number of nitrogens with zero attached hydrogens (tertiary/aromatic N) is 2. The summed E-state index contributed by atoms with van der Waals surface area (Å²) in [7, 11) is -3.71. The molecule has 0 radical (unpaired) electrons. The van der Waals surface area contributed by atoms with E-state index in [-0.39, 0.29) is 16.2 Å². The Hall–Kier alpha value is -3.16. The largest absolute Gasteiger partial charge is 0.336 e. The zero-order valence-corrected chi connectivity index (χ0v) is 21.4. The summed E-state index contributed by atoms with van der Waals surface area (Å²) in [6.07, 6.45) is 0. The summed E-state index contributed by atoms with van der Waals surface area (Å²) < 4.78 is 28.2. The quantitative estimate of drug-likeness (QED) is 0.541. The Kier molecular flexibility index (Phi) is 7.28. The summed E-state index contributed by atoms with van der Waals surface area (Å²) >= 11 is 0. The predicted octanol–water partition coefficient (Wildman–Crippen LogP) is 4.74. The van der Waals surface area contributed by atoms with E-state index in [1.165, 1.54) is 5.56 Å². The summed E-state index contributed by atoms with van der Waals surface area (Å²) in [5.41, 5.74) is 3.27. The standard InChI is InChI=1S/C28H33N3O3S/c1-28(2,3)24-11-15-26(16-12-24)35(33,34)29-25-13-9-23(10-14-25)27(32)31-19-17-30(18-20-31)21-22-7-5-4-6-8-22/h4-16,29H,17-21H2,1-3H3. The van der Waals surface area contributed by atoms with Crippen LogP contribution in [0.15, 0.2) is 83.8 Å². The molecule has 1 N–H and O–H groups in total. The third-order valence-electron chi connectivity index (χ3n) is 6.32. The smallest absolute Gasteiger partial charge is 0.261 e. The third kappa shape index (κ3) is 6.29. The van der Waals surface area contributed by atoms with Gasteiger partial charge >= 0.3 is 0 Å². The van der Waals surface area contributed by atoms with E-state index in [0.29, 0.717) is 24.3 Å². The lowest BCUT2D eigenvalue weighted by atomic mass is 9.87.